The lowest BCUT2D eigenvalue weighted by molar-refractivity contribution is 0.0934. The van der Waals surface area contributed by atoms with Crippen molar-refractivity contribution in [3.8, 4) is 5.75 Å². The number of rotatable bonds is 5. The van der Waals surface area contributed by atoms with Gasteiger partial charge in [0.25, 0.3) is 5.91 Å². The summed E-state index contributed by atoms with van der Waals surface area (Å²) in [7, 11) is 1.58. The number of amides is 1. The minimum Gasteiger partial charge on any atom is -0.496 e. The number of ether oxygens (including phenoxy) is 1. The molecule has 3 aromatic rings. The Kier molecular flexibility index (Phi) is 4.77. The first-order valence-electron chi connectivity index (χ1n) is 8.92. The number of methoxy groups -OCH3 is 1. The first-order valence-corrected chi connectivity index (χ1v) is 8.92. The van der Waals surface area contributed by atoms with E-state index >= 15 is 0 Å². The highest BCUT2D eigenvalue weighted by molar-refractivity contribution is 6.04. The lowest BCUT2D eigenvalue weighted by Gasteiger charge is -2.18. The summed E-state index contributed by atoms with van der Waals surface area (Å²) in [6, 6.07) is 8.27. The van der Waals surface area contributed by atoms with Crippen LogP contribution >= 0.6 is 0 Å². The molecule has 1 atom stereocenters. The van der Waals surface area contributed by atoms with Crippen LogP contribution in [-0.2, 0) is 6.54 Å². The molecule has 140 valence electrons. The third-order valence-corrected chi connectivity index (χ3v) is 4.94. The van der Waals surface area contributed by atoms with Gasteiger partial charge in [0.15, 0.2) is 0 Å². The Balaban J connectivity index is 1.41. The van der Waals surface area contributed by atoms with E-state index < -0.39 is 0 Å². The number of hydrogen-bond donors (Lipinski definition) is 2. The number of aromatic amines is 1. The summed E-state index contributed by atoms with van der Waals surface area (Å²) in [6.45, 7) is 2.11. The predicted octanol–water partition coefficient (Wildman–Crippen LogP) is 2.71. The summed E-state index contributed by atoms with van der Waals surface area (Å²) < 4.78 is 18.9. The first kappa shape index (κ1) is 17.5. The van der Waals surface area contributed by atoms with E-state index in [1.807, 2.05) is 12.1 Å². The molecule has 0 bridgehead atoms. The van der Waals surface area contributed by atoms with Gasteiger partial charge in [-0.2, -0.15) is 0 Å². The van der Waals surface area contributed by atoms with Gasteiger partial charge in [0.1, 0.15) is 17.3 Å². The molecule has 1 amide bonds. The fourth-order valence-electron chi connectivity index (χ4n) is 3.62. The molecule has 2 N–H and O–H groups in total. The van der Waals surface area contributed by atoms with Gasteiger partial charge in [-0.15, -0.1) is 0 Å². The maximum atomic E-state index is 13.6. The maximum absolute atomic E-state index is 13.6. The molecule has 0 spiro atoms. The van der Waals surface area contributed by atoms with E-state index in [1.54, 1.807) is 25.6 Å². The Bertz CT molecular complexity index is 972. The molecule has 1 aliphatic rings. The molecule has 1 fully saturated rings. The van der Waals surface area contributed by atoms with Gasteiger partial charge in [-0.25, -0.2) is 4.39 Å². The number of H-pyrrole nitrogens is 1. The molecule has 0 unspecified atom stereocenters. The summed E-state index contributed by atoms with van der Waals surface area (Å²) in [4.78, 5) is 22.2. The van der Waals surface area contributed by atoms with Crippen molar-refractivity contribution < 1.29 is 13.9 Å². The molecule has 3 heterocycles. The van der Waals surface area contributed by atoms with Crippen molar-refractivity contribution in [3.05, 3.63) is 59.8 Å². The summed E-state index contributed by atoms with van der Waals surface area (Å²) in [5.41, 5.74) is 2.13. The normalized spacial score (nSPS) is 17.3. The van der Waals surface area contributed by atoms with Crippen molar-refractivity contribution in [2.24, 2.45) is 0 Å². The third-order valence-electron chi connectivity index (χ3n) is 4.94. The molecule has 1 aromatic carbocycles. The van der Waals surface area contributed by atoms with Crippen LogP contribution in [0.2, 0.25) is 0 Å². The second kappa shape index (κ2) is 7.36. The van der Waals surface area contributed by atoms with E-state index in [-0.39, 0.29) is 17.8 Å². The van der Waals surface area contributed by atoms with Crippen molar-refractivity contribution in [3.63, 3.8) is 0 Å². The number of halogens is 1. The molecule has 27 heavy (non-hydrogen) atoms. The molecule has 0 aliphatic carbocycles. The highest BCUT2D eigenvalue weighted by Gasteiger charge is 2.26. The number of carbonyl (C=O) groups is 1. The SMILES string of the molecule is COc1ccc(F)cc1CN1CC[C@H](NC(=O)c2nccc3[nH]ccc23)C1. The number of hydrogen-bond acceptors (Lipinski definition) is 4. The Morgan fingerprint density at radius 2 is 2.30 bits per heavy atom. The number of pyridine rings is 1. The minimum absolute atomic E-state index is 0.0352. The van der Waals surface area contributed by atoms with Gasteiger partial charge in [0, 0.05) is 54.5 Å². The van der Waals surface area contributed by atoms with E-state index in [0.29, 0.717) is 24.5 Å². The van der Waals surface area contributed by atoms with Gasteiger partial charge in [-0.3, -0.25) is 14.7 Å². The van der Waals surface area contributed by atoms with E-state index in [9.17, 15) is 9.18 Å². The van der Waals surface area contributed by atoms with Gasteiger partial charge < -0.3 is 15.0 Å². The number of carbonyl (C=O) groups excluding carboxylic acids is 1. The number of nitrogens with one attached hydrogen (secondary N) is 2. The fourth-order valence-corrected chi connectivity index (χ4v) is 3.62. The van der Waals surface area contributed by atoms with Crippen LogP contribution in [0, 0.1) is 5.82 Å². The van der Waals surface area contributed by atoms with Crippen LogP contribution in [0.1, 0.15) is 22.5 Å². The van der Waals surface area contributed by atoms with Gasteiger partial charge in [-0.05, 0) is 36.8 Å². The molecule has 0 radical (unpaired) electrons. The van der Waals surface area contributed by atoms with Crippen LogP contribution in [-0.4, -0.2) is 47.0 Å². The molecule has 0 saturated carbocycles. The molecule has 6 nitrogen and oxygen atoms in total. The van der Waals surface area contributed by atoms with Crippen LogP contribution in [0.15, 0.2) is 42.7 Å². The van der Waals surface area contributed by atoms with Gasteiger partial charge >= 0.3 is 0 Å². The average Bonchev–Trinajstić information content (AvgIpc) is 3.31. The average molecular weight is 368 g/mol. The van der Waals surface area contributed by atoms with Gasteiger partial charge in [0.2, 0.25) is 0 Å². The number of likely N-dealkylation sites (tertiary alicyclic amines) is 1. The maximum Gasteiger partial charge on any atom is 0.270 e. The van der Waals surface area contributed by atoms with Crippen LogP contribution in [0.3, 0.4) is 0 Å². The van der Waals surface area contributed by atoms with Crippen molar-refractivity contribution in [2.75, 3.05) is 20.2 Å². The molecule has 1 saturated heterocycles. The smallest absolute Gasteiger partial charge is 0.270 e. The standard InChI is InChI=1S/C20H21FN4O2/c1-27-18-3-2-14(21)10-13(18)11-25-9-6-15(12-25)24-20(26)19-16-4-7-22-17(16)5-8-23-19/h2-5,7-8,10,15,22H,6,9,11-12H2,1H3,(H,24,26)/t15-/m0/s1. The first-order chi connectivity index (χ1) is 13.1. The van der Waals surface area contributed by atoms with Crippen molar-refractivity contribution in [1.29, 1.82) is 0 Å². The van der Waals surface area contributed by atoms with Crippen molar-refractivity contribution in [2.45, 2.75) is 19.0 Å². The zero-order valence-electron chi connectivity index (χ0n) is 15.0. The topological polar surface area (TPSA) is 70.2 Å². The molecular formula is C20H21FN4O2. The van der Waals surface area contributed by atoms with E-state index in [4.69, 9.17) is 4.74 Å². The van der Waals surface area contributed by atoms with Crippen LogP contribution < -0.4 is 10.1 Å². The molecule has 4 rings (SSSR count). The summed E-state index contributed by atoms with van der Waals surface area (Å²) in [5.74, 6) is 0.225. The van der Waals surface area contributed by atoms with E-state index in [2.05, 4.69) is 20.2 Å². The van der Waals surface area contributed by atoms with Crippen LogP contribution in [0.5, 0.6) is 5.75 Å². The number of benzene rings is 1. The lowest BCUT2D eigenvalue weighted by atomic mass is 10.2. The molecular weight excluding hydrogens is 347 g/mol. The molecule has 7 heteroatoms. The molecule has 1 aliphatic heterocycles. The number of nitrogens with zero attached hydrogens (tertiary/aromatic N) is 2. The Labute approximate surface area is 156 Å². The fraction of sp³-hybridized carbons (Fsp3) is 0.300. The largest absolute Gasteiger partial charge is 0.496 e. The zero-order valence-corrected chi connectivity index (χ0v) is 15.0. The number of fused-ring (bicyclic) bond motifs is 1. The van der Waals surface area contributed by atoms with Crippen LogP contribution in [0.4, 0.5) is 4.39 Å². The second-order valence-electron chi connectivity index (χ2n) is 6.75. The van der Waals surface area contributed by atoms with Crippen LogP contribution in [0.25, 0.3) is 10.9 Å². The summed E-state index contributed by atoms with van der Waals surface area (Å²) >= 11 is 0. The molecule has 2 aromatic heterocycles. The van der Waals surface area contributed by atoms with Crippen molar-refractivity contribution >= 4 is 16.8 Å². The summed E-state index contributed by atoms with van der Waals surface area (Å²) in [5, 5.41) is 3.88. The summed E-state index contributed by atoms with van der Waals surface area (Å²) in [6.07, 6.45) is 4.27. The van der Waals surface area contributed by atoms with E-state index in [0.717, 1.165) is 29.4 Å². The number of aromatic nitrogens is 2. The third kappa shape index (κ3) is 3.64. The van der Waals surface area contributed by atoms with Crippen molar-refractivity contribution in [1.82, 2.24) is 20.2 Å². The van der Waals surface area contributed by atoms with Gasteiger partial charge in [0.05, 0.1) is 7.11 Å². The quantitative estimate of drug-likeness (QED) is 0.727. The lowest BCUT2D eigenvalue weighted by Crippen LogP contribution is -2.37. The monoisotopic (exact) mass is 368 g/mol. The Morgan fingerprint density at radius 3 is 3.15 bits per heavy atom. The second-order valence-corrected chi connectivity index (χ2v) is 6.75. The minimum atomic E-state index is -0.277. The zero-order chi connectivity index (χ0) is 18.8. The Morgan fingerprint density at radius 1 is 1.41 bits per heavy atom. The predicted molar refractivity (Wildman–Crippen MR) is 100 cm³/mol. The highest BCUT2D eigenvalue weighted by Crippen LogP contribution is 2.23. The van der Waals surface area contributed by atoms with E-state index in [1.165, 1.54) is 12.1 Å². The Hall–Kier alpha value is -2.93. The highest BCUT2D eigenvalue weighted by atomic mass is 19.1. The van der Waals surface area contributed by atoms with Gasteiger partial charge in [-0.1, -0.05) is 0 Å².